The highest BCUT2D eigenvalue weighted by molar-refractivity contribution is 7.92. The third-order valence-corrected chi connectivity index (χ3v) is 8.81. The number of halogens is 1. The van der Waals surface area contributed by atoms with Crippen LogP contribution in [0.3, 0.4) is 0 Å². The average Bonchev–Trinajstić information content (AvgIpc) is 3.00. The summed E-state index contributed by atoms with van der Waals surface area (Å²) in [7, 11) is -1.15. The largest absolute Gasteiger partial charge is 0.497 e. The van der Waals surface area contributed by atoms with Crippen molar-refractivity contribution in [3.8, 4) is 11.5 Å². The molecule has 0 aliphatic rings. The summed E-state index contributed by atoms with van der Waals surface area (Å²) in [5.74, 6) is 0.327. The number of hydrogen-bond acceptors (Lipinski definition) is 6. The van der Waals surface area contributed by atoms with Crippen LogP contribution in [0.25, 0.3) is 0 Å². The predicted molar refractivity (Wildman–Crippen MR) is 165 cm³/mol. The zero-order valence-electron chi connectivity index (χ0n) is 24.4. The fourth-order valence-corrected chi connectivity index (χ4v) is 5.90. The van der Waals surface area contributed by atoms with E-state index >= 15 is 0 Å². The number of rotatable bonds is 15. The Kier molecular flexibility index (Phi) is 12.1. The van der Waals surface area contributed by atoms with Crippen molar-refractivity contribution in [3.63, 3.8) is 0 Å². The highest BCUT2D eigenvalue weighted by Gasteiger charge is 2.33. The van der Waals surface area contributed by atoms with Crippen LogP contribution in [0.5, 0.6) is 11.5 Å². The van der Waals surface area contributed by atoms with Crippen LogP contribution in [0.15, 0.2) is 77.7 Å². The van der Waals surface area contributed by atoms with E-state index in [0.717, 1.165) is 22.7 Å². The highest BCUT2D eigenvalue weighted by atomic mass is 35.5. The predicted octanol–water partition coefficient (Wildman–Crippen LogP) is 5.28. The molecule has 1 N–H and O–H groups in total. The first-order valence-corrected chi connectivity index (χ1v) is 15.6. The van der Waals surface area contributed by atoms with Gasteiger partial charge in [0.05, 0.1) is 24.8 Å². The molecule has 1 atom stereocenters. The van der Waals surface area contributed by atoms with Gasteiger partial charge < -0.3 is 19.7 Å². The normalized spacial score (nSPS) is 11.8. The van der Waals surface area contributed by atoms with Gasteiger partial charge in [-0.2, -0.15) is 0 Å². The standard InChI is InChI=1S/C31H38ClN3O6S/c1-5-7-20-33-31(37)29(6-2)34(21-23-8-14-26(40-3)15-9-23)30(36)22-35(25-12-10-24(32)11-13-25)42(38,39)28-18-16-27(41-4)17-19-28/h8-19,29H,5-7,20-22H2,1-4H3,(H,33,37)/t29-/m1/s1. The molecule has 0 heterocycles. The maximum absolute atomic E-state index is 14.1. The summed E-state index contributed by atoms with van der Waals surface area (Å²) in [4.78, 5) is 28.8. The van der Waals surface area contributed by atoms with Crippen molar-refractivity contribution in [2.75, 3.05) is 31.6 Å². The molecule has 3 aromatic carbocycles. The summed E-state index contributed by atoms with van der Waals surface area (Å²) in [6, 6.07) is 18.5. The number of nitrogens with zero attached hydrogens (tertiary/aromatic N) is 2. The van der Waals surface area contributed by atoms with Gasteiger partial charge in [0.25, 0.3) is 10.0 Å². The number of methoxy groups -OCH3 is 2. The van der Waals surface area contributed by atoms with Crippen LogP contribution in [0.1, 0.15) is 38.7 Å². The highest BCUT2D eigenvalue weighted by Crippen LogP contribution is 2.27. The molecule has 226 valence electrons. The fraction of sp³-hybridized carbons (Fsp3) is 0.355. The number of amides is 2. The molecule has 0 spiro atoms. The van der Waals surface area contributed by atoms with Gasteiger partial charge in [-0.05, 0) is 79.1 Å². The summed E-state index contributed by atoms with van der Waals surface area (Å²) in [5, 5.41) is 3.34. The summed E-state index contributed by atoms with van der Waals surface area (Å²) >= 11 is 6.09. The van der Waals surface area contributed by atoms with E-state index in [0.29, 0.717) is 29.5 Å². The number of ether oxygens (including phenoxy) is 2. The molecule has 0 aliphatic heterocycles. The first-order chi connectivity index (χ1) is 20.1. The van der Waals surface area contributed by atoms with Gasteiger partial charge in [0, 0.05) is 18.1 Å². The lowest BCUT2D eigenvalue weighted by Crippen LogP contribution is -2.52. The molecular formula is C31H38ClN3O6S. The van der Waals surface area contributed by atoms with Crippen molar-refractivity contribution in [2.45, 2.75) is 50.6 Å². The Hall–Kier alpha value is -3.76. The van der Waals surface area contributed by atoms with E-state index in [4.69, 9.17) is 21.1 Å². The number of benzene rings is 3. The van der Waals surface area contributed by atoms with Gasteiger partial charge in [-0.3, -0.25) is 13.9 Å². The lowest BCUT2D eigenvalue weighted by atomic mass is 10.1. The smallest absolute Gasteiger partial charge is 0.264 e. The van der Waals surface area contributed by atoms with Crippen LogP contribution in [-0.4, -0.2) is 58.5 Å². The van der Waals surface area contributed by atoms with E-state index in [-0.39, 0.29) is 23.0 Å². The van der Waals surface area contributed by atoms with Crippen molar-refractivity contribution < 1.29 is 27.5 Å². The summed E-state index contributed by atoms with van der Waals surface area (Å²) in [6.07, 6.45) is 2.05. The Balaban J connectivity index is 2.02. The van der Waals surface area contributed by atoms with Gasteiger partial charge in [-0.25, -0.2) is 8.42 Å². The molecule has 0 saturated carbocycles. The number of sulfonamides is 1. The topological polar surface area (TPSA) is 105 Å². The van der Waals surface area contributed by atoms with Crippen molar-refractivity contribution in [1.82, 2.24) is 10.2 Å². The van der Waals surface area contributed by atoms with E-state index in [1.807, 2.05) is 26.0 Å². The van der Waals surface area contributed by atoms with E-state index in [1.54, 1.807) is 55.6 Å². The van der Waals surface area contributed by atoms with Gasteiger partial charge in [0.15, 0.2) is 0 Å². The molecule has 0 bridgehead atoms. The molecule has 3 rings (SSSR count). The number of nitrogens with one attached hydrogen (secondary N) is 1. The van der Waals surface area contributed by atoms with E-state index in [9.17, 15) is 18.0 Å². The Bertz CT molecular complexity index is 1410. The third kappa shape index (κ3) is 8.39. The Morgan fingerprint density at radius 1 is 0.881 bits per heavy atom. The van der Waals surface area contributed by atoms with E-state index < -0.39 is 28.5 Å². The summed E-state index contributed by atoms with van der Waals surface area (Å²) in [5.41, 5.74) is 1.02. The number of carbonyl (C=O) groups is 2. The van der Waals surface area contributed by atoms with Crippen molar-refractivity contribution in [2.24, 2.45) is 0 Å². The lowest BCUT2D eigenvalue weighted by Gasteiger charge is -2.33. The maximum atomic E-state index is 14.1. The number of carbonyl (C=O) groups excluding carboxylic acids is 2. The van der Waals surface area contributed by atoms with Crippen LogP contribution in [0.2, 0.25) is 5.02 Å². The average molecular weight is 616 g/mol. The molecule has 11 heteroatoms. The molecule has 9 nitrogen and oxygen atoms in total. The van der Waals surface area contributed by atoms with Crippen LogP contribution in [0.4, 0.5) is 5.69 Å². The monoisotopic (exact) mass is 615 g/mol. The summed E-state index contributed by atoms with van der Waals surface area (Å²) < 4.78 is 39.3. The lowest BCUT2D eigenvalue weighted by molar-refractivity contribution is -0.140. The minimum absolute atomic E-state index is 0.0166. The van der Waals surface area contributed by atoms with Crippen molar-refractivity contribution >= 4 is 39.1 Å². The van der Waals surface area contributed by atoms with E-state index in [2.05, 4.69) is 5.32 Å². The van der Waals surface area contributed by atoms with Crippen molar-refractivity contribution in [3.05, 3.63) is 83.4 Å². The zero-order valence-corrected chi connectivity index (χ0v) is 26.0. The van der Waals surface area contributed by atoms with Crippen LogP contribution < -0.4 is 19.1 Å². The Morgan fingerprint density at radius 3 is 1.98 bits per heavy atom. The number of anilines is 1. The zero-order chi connectivity index (χ0) is 30.7. The summed E-state index contributed by atoms with van der Waals surface area (Å²) in [6.45, 7) is 3.89. The van der Waals surface area contributed by atoms with Crippen LogP contribution in [0, 0.1) is 0 Å². The minimum Gasteiger partial charge on any atom is -0.497 e. The van der Waals surface area contributed by atoms with Crippen LogP contribution in [-0.2, 0) is 26.2 Å². The molecule has 0 aromatic heterocycles. The fourth-order valence-electron chi connectivity index (χ4n) is 4.36. The minimum atomic E-state index is -4.20. The first-order valence-electron chi connectivity index (χ1n) is 13.8. The second kappa shape index (κ2) is 15.5. The molecule has 2 amide bonds. The van der Waals surface area contributed by atoms with Gasteiger partial charge in [0.1, 0.15) is 24.1 Å². The number of hydrogen-bond donors (Lipinski definition) is 1. The Labute approximate surface area is 253 Å². The molecule has 0 unspecified atom stereocenters. The molecule has 3 aromatic rings. The third-order valence-electron chi connectivity index (χ3n) is 6.77. The Morgan fingerprint density at radius 2 is 1.45 bits per heavy atom. The van der Waals surface area contributed by atoms with Gasteiger partial charge in [-0.1, -0.05) is 44.0 Å². The van der Waals surface area contributed by atoms with Gasteiger partial charge in [-0.15, -0.1) is 0 Å². The molecule has 0 radical (unpaired) electrons. The molecule has 0 fully saturated rings. The number of unbranched alkanes of at least 4 members (excludes halogenated alkanes) is 1. The van der Waals surface area contributed by atoms with Crippen LogP contribution >= 0.6 is 11.6 Å². The maximum Gasteiger partial charge on any atom is 0.264 e. The van der Waals surface area contributed by atoms with E-state index in [1.165, 1.54) is 24.1 Å². The second-order valence-electron chi connectivity index (χ2n) is 9.60. The second-order valence-corrected chi connectivity index (χ2v) is 11.9. The SMILES string of the molecule is CCCCNC(=O)[C@@H](CC)N(Cc1ccc(OC)cc1)C(=O)CN(c1ccc(Cl)cc1)S(=O)(=O)c1ccc(OC)cc1. The quantitative estimate of drug-likeness (QED) is 0.233. The molecule has 0 aliphatic carbocycles. The van der Waals surface area contributed by atoms with Crippen molar-refractivity contribution in [1.29, 1.82) is 0 Å². The molecule has 0 saturated heterocycles. The van der Waals surface area contributed by atoms with Gasteiger partial charge >= 0.3 is 0 Å². The first kappa shape index (κ1) is 32.8. The van der Waals surface area contributed by atoms with Gasteiger partial charge in [0.2, 0.25) is 11.8 Å². The molecular weight excluding hydrogens is 578 g/mol. The molecule has 42 heavy (non-hydrogen) atoms.